The minimum Gasteiger partial charge on any atom is -0.351 e. The van der Waals surface area contributed by atoms with Crippen LogP contribution in [0.4, 0.5) is 0 Å². The molecule has 0 spiro atoms. The number of allylic oxidation sites excluding steroid dienone is 1. The van der Waals surface area contributed by atoms with Gasteiger partial charge < -0.3 is 9.47 Å². The lowest BCUT2D eigenvalue weighted by atomic mass is 10.3. The lowest BCUT2D eigenvalue weighted by Gasteiger charge is -2.14. The second-order valence-electron chi connectivity index (χ2n) is 3.42. The number of ether oxygens (including phenoxy) is 2. The maximum atomic E-state index is 5.69. The molecule has 0 aromatic rings. The molecule has 0 fully saturated rings. The van der Waals surface area contributed by atoms with Crippen LogP contribution >= 0.6 is 11.6 Å². The Kier molecular flexibility index (Phi) is 9.47. The molecular weight excluding hydrogens is 200 g/mol. The van der Waals surface area contributed by atoms with Crippen LogP contribution in [0.2, 0.25) is 0 Å². The summed E-state index contributed by atoms with van der Waals surface area (Å²) >= 11 is 5.69. The topological polar surface area (TPSA) is 18.5 Å². The van der Waals surface area contributed by atoms with Crippen molar-refractivity contribution in [2.75, 3.05) is 19.1 Å². The van der Waals surface area contributed by atoms with E-state index < -0.39 is 0 Å². The van der Waals surface area contributed by atoms with Crippen molar-refractivity contribution in [3.05, 3.63) is 11.6 Å². The van der Waals surface area contributed by atoms with Crippen LogP contribution in [0.3, 0.4) is 0 Å². The van der Waals surface area contributed by atoms with Gasteiger partial charge in [0.2, 0.25) is 0 Å². The van der Waals surface area contributed by atoms with E-state index >= 15 is 0 Å². The Labute approximate surface area is 92.2 Å². The highest BCUT2D eigenvalue weighted by Gasteiger charge is 2.05. The first kappa shape index (κ1) is 13.9. The molecule has 84 valence electrons. The summed E-state index contributed by atoms with van der Waals surface area (Å²) in [5, 5.41) is 0. The monoisotopic (exact) mass is 220 g/mol. The molecule has 0 amide bonds. The van der Waals surface area contributed by atoms with E-state index in [0.29, 0.717) is 12.5 Å². The fraction of sp³-hybridized carbons (Fsp3) is 0.818. The summed E-state index contributed by atoms with van der Waals surface area (Å²) in [7, 11) is 0. The lowest BCUT2D eigenvalue weighted by molar-refractivity contribution is -0.120. The molecule has 0 saturated carbocycles. The average Bonchev–Trinajstić information content (AvgIpc) is 2.15. The Balaban J connectivity index is 3.52. The number of hydrogen-bond donors (Lipinski definition) is 0. The summed E-state index contributed by atoms with van der Waals surface area (Å²) in [6.07, 6.45) is 3.93. The van der Waals surface area contributed by atoms with E-state index in [9.17, 15) is 0 Å². The molecule has 3 heteroatoms. The van der Waals surface area contributed by atoms with Crippen molar-refractivity contribution in [1.82, 2.24) is 0 Å². The van der Waals surface area contributed by atoms with Crippen molar-refractivity contribution >= 4 is 11.6 Å². The van der Waals surface area contributed by atoms with Crippen molar-refractivity contribution in [3.63, 3.8) is 0 Å². The number of unbranched alkanes of at least 4 members (excludes halogenated alkanes) is 1. The summed E-state index contributed by atoms with van der Waals surface area (Å²) in [4.78, 5) is 0. The van der Waals surface area contributed by atoms with Gasteiger partial charge in [-0.3, -0.25) is 0 Å². The van der Waals surface area contributed by atoms with Gasteiger partial charge in [0.05, 0.1) is 12.5 Å². The SMILES string of the molecule is CCCCOC(CCl)OCC=C(C)C. The smallest absolute Gasteiger partial charge is 0.171 e. The fourth-order valence-corrected chi connectivity index (χ4v) is 0.997. The van der Waals surface area contributed by atoms with Crippen molar-refractivity contribution in [3.8, 4) is 0 Å². The number of rotatable bonds is 8. The first-order valence-electron chi connectivity index (χ1n) is 5.13. The van der Waals surface area contributed by atoms with Gasteiger partial charge in [0.15, 0.2) is 6.29 Å². The normalized spacial score (nSPS) is 12.6. The highest BCUT2D eigenvalue weighted by molar-refractivity contribution is 6.18. The van der Waals surface area contributed by atoms with E-state index in [1.807, 2.05) is 19.9 Å². The molecule has 14 heavy (non-hydrogen) atoms. The first-order valence-corrected chi connectivity index (χ1v) is 5.66. The average molecular weight is 221 g/mol. The van der Waals surface area contributed by atoms with E-state index in [4.69, 9.17) is 21.1 Å². The van der Waals surface area contributed by atoms with Crippen LogP contribution in [0.5, 0.6) is 0 Å². The van der Waals surface area contributed by atoms with Crippen LogP contribution in [-0.2, 0) is 9.47 Å². The van der Waals surface area contributed by atoms with Gasteiger partial charge in [-0.05, 0) is 20.3 Å². The van der Waals surface area contributed by atoms with Crippen LogP contribution in [0.25, 0.3) is 0 Å². The maximum Gasteiger partial charge on any atom is 0.171 e. The zero-order chi connectivity index (χ0) is 10.8. The molecule has 0 radical (unpaired) electrons. The van der Waals surface area contributed by atoms with E-state index in [1.165, 1.54) is 5.57 Å². The van der Waals surface area contributed by atoms with Crippen LogP contribution < -0.4 is 0 Å². The molecule has 0 bridgehead atoms. The van der Waals surface area contributed by atoms with Crippen LogP contribution in [0.1, 0.15) is 33.6 Å². The number of halogens is 1. The highest BCUT2D eigenvalue weighted by atomic mass is 35.5. The van der Waals surface area contributed by atoms with Crippen LogP contribution in [0, 0.1) is 0 Å². The minimum atomic E-state index is -0.265. The largest absolute Gasteiger partial charge is 0.351 e. The van der Waals surface area contributed by atoms with Crippen molar-refractivity contribution in [2.24, 2.45) is 0 Å². The summed E-state index contributed by atoms with van der Waals surface area (Å²) in [6, 6.07) is 0. The molecular formula is C11H21ClO2. The fourth-order valence-electron chi connectivity index (χ4n) is 0.818. The van der Waals surface area contributed by atoms with E-state index in [-0.39, 0.29) is 6.29 Å². The summed E-state index contributed by atoms with van der Waals surface area (Å²) < 4.78 is 10.8. The molecule has 0 aromatic carbocycles. The number of hydrogen-bond acceptors (Lipinski definition) is 2. The third-order valence-corrected chi connectivity index (χ3v) is 1.95. The van der Waals surface area contributed by atoms with Crippen LogP contribution in [-0.4, -0.2) is 25.4 Å². The van der Waals surface area contributed by atoms with Gasteiger partial charge in [0.25, 0.3) is 0 Å². The Hall–Kier alpha value is -0.0500. The van der Waals surface area contributed by atoms with Crippen molar-refractivity contribution in [1.29, 1.82) is 0 Å². The van der Waals surface area contributed by atoms with E-state index in [1.54, 1.807) is 0 Å². The molecule has 1 unspecified atom stereocenters. The molecule has 0 saturated heterocycles. The molecule has 0 aliphatic heterocycles. The molecule has 0 N–H and O–H groups in total. The first-order chi connectivity index (χ1) is 6.70. The second kappa shape index (κ2) is 9.50. The van der Waals surface area contributed by atoms with Gasteiger partial charge in [-0.2, -0.15) is 0 Å². The summed E-state index contributed by atoms with van der Waals surface area (Å²) in [6.45, 7) is 7.51. The molecule has 0 aromatic heterocycles. The van der Waals surface area contributed by atoms with E-state index in [2.05, 4.69) is 6.92 Å². The zero-order valence-corrected chi connectivity index (χ0v) is 10.1. The summed E-state index contributed by atoms with van der Waals surface area (Å²) in [5.74, 6) is 0.389. The Morgan fingerprint density at radius 1 is 1.36 bits per heavy atom. The van der Waals surface area contributed by atoms with E-state index in [0.717, 1.165) is 19.4 Å². The maximum absolute atomic E-state index is 5.69. The second-order valence-corrected chi connectivity index (χ2v) is 3.73. The Morgan fingerprint density at radius 2 is 2.07 bits per heavy atom. The predicted octanol–water partition coefficient (Wildman–Crippen LogP) is 3.35. The van der Waals surface area contributed by atoms with Gasteiger partial charge in [-0.1, -0.05) is 25.0 Å². The Morgan fingerprint density at radius 3 is 2.57 bits per heavy atom. The molecule has 0 aliphatic carbocycles. The van der Waals surface area contributed by atoms with Gasteiger partial charge in [0, 0.05) is 6.61 Å². The minimum absolute atomic E-state index is 0.265. The van der Waals surface area contributed by atoms with Crippen LogP contribution in [0.15, 0.2) is 11.6 Å². The zero-order valence-electron chi connectivity index (χ0n) is 9.38. The van der Waals surface area contributed by atoms with Gasteiger partial charge in [-0.15, -0.1) is 11.6 Å². The quantitative estimate of drug-likeness (QED) is 0.270. The lowest BCUT2D eigenvalue weighted by Crippen LogP contribution is -2.19. The van der Waals surface area contributed by atoms with Gasteiger partial charge in [0.1, 0.15) is 0 Å². The Bertz CT molecular complexity index is 153. The highest BCUT2D eigenvalue weighted by Crippen LogP contribution is 2.01. The third-order valence-electron chi connectivity index (χ3n) is 1.70. The molecule has 0 aliphatic rings. The van der Waals surface area contributed by atoms with Gasteiger partial charge >= 0.3 is 0 Å². The predicted molar refractivity (Wildman–Crippen MR) is 60.8 cm³/mol. The van der Waals surface area contributed by atoms with Crippen molar-refractivity contribution < 1.29 is 9.47 Å². The number of alkyl halides is 1. The standard InChI is InChI=1S/C11H21ClO2/c1-4-5-7-13-11(9-12)14-8-6-10(2)3/h6,11H,4-5,7-9H2,1-3H3. The van der Waals surface area contributed by atoms with Gasteiger partial charge in [-0.25, -0.2) is 0 Å². The van der Waals surface area contributed by atoms with Crippen molar-refractivity contribution in [2.45, 2.75) is 39.9 Å². The summed E-state index contributed by atoms with van der Waals surface area (Å²) in [5.41, 5.74) is 1.24. The molecule has 1 atom stereocenters. The third kappa shape index (κ3) is 8.54. The molecule has 2 nitrogen and oxygen atoms in total. The molecule has 0 rings (SSSR count). The molecule has 0 heterocycles.